The maximum Gasteiger partial charge on any atom is 0.339 e. The van der Waals surface area contributed by atoms with E-state index in [4.69, 9.17) is 9.47 Å². The van der Waals surface area contributed by atoms with E-state index in [1.807, 2.05) is 18.4 Å². The van der Waals surface area contributed by atoms with Gasteiger partial charge in [-0.2, -0.15) is 0 Å². The van der Waals surface area contributed by atoms with Crippen molar-refractivity contribution in [2.75, 3.05) is 13.7 Å². The van der Waals surface area contributed by atoms with Crippen molar-refractivity contribution in [3.8, 4) is 5.75 Å². The molecule has 0 aliphatic heterocycles. The number of methoxy groups -OCH3 is 1. The molecule has 2 aromatic rings. The zero-order valence-electron chi connectivity index (χ0n) is 14.5. The summed E-state index contributed by atoms with van der Waals surface area (Å²) in [6.45, 7) is 7.81. The molecule has 1 heterocycles. The lowest BCUT2D eigenvalue weighted by atomic mass is 10.1. The van der Waals surface area contributed by atoms with Gasteiger partial charge in [0.25, 0.3) is 0 Å². The Labute approximate surface area is 155 Å². The van der Waals surface area contributed by atoms with Crippen LogP contribution in [0.3, 0.4) is 0 Å². The van der Waals surface area contributed by atoms with Gasteiger partial charge in [-0.05, 0) is 54.0 Å². The first-order chi connectivity index (χ1) is 11.9. The lowest BCUT2D eigenvalue weighted by Gasteiger charge is -2.08. The van der Waals surface area contributed by atoms with Crippen LogP contribution in [0.4, 0.5) is 0 Å². The molecule has 6 heteroatoms. The summed E-state index contributed by atoms with van der Waals surface area (Å²) in [5.41, 5.74) is 2.66. The van der Waals surface area contributed by atoms with Crippen molar-refractivity contribution >= 4 is 27.7 Å². The van der Waals surface area contributed by atoms with Crippen molar-refractivity contribution in [1.82, 2.24) is 4.57 Å². The summed E-state index contributed by atoms with van der Waals surface area (Å²) in [4.78, 5) is 24.7. The summed E-state index contributed by atoms with van der Waals surface area (Å²) >= 11 is 3.30. The Balaban J connectivity index is 2.11. The normalized spacial score (nSPS) is 10.4. The summed E-state index contributed by atoms with van der Waals surface area (Å²) in [5.74, 6) is -0.288. The van der Waals surface area contributed by atoms with Gasteiger partial charge in [-0.15, -0.1) is 6.58 Å². The van der Waals surface area contributed by atoms with Crippen LogP contribution in [0.2, 0.25) is 0 Å². The monoisotopic (exact) mass is 405 g/mol. The van der Waals surface area contributed by atoms with Gasteiger partial charge >= 0.3 is 5.97 Å². The highest BCUT2D eigenvalue weighted by molar-refractivity contribution is 9.10. The number of Topliss-reactive ketones (excluding diaryl/α,β-unsaturated/α-hetero) is 1. The molecule has 0 fully saturated rings. The van der Waals surface area contributed by atoms with E-state index in [0.29, 0.717) is 27.9 Å². The van der Waals surface area contributed by atoms with Crippen LogP contribution in [0.15, 0.2) is 41.4 Å². The van der Waals surface area contributed by atoms with Crippen LogP contribution in [-0.2, 0) is 11.3 Å². The Kier molecular flexibility index (Phi) is 6.20. The van der Waals surface area contributed by atoms with Gasteiger partial charge in [-0.25, -0.2) is 4.79 Å². The number of rotatable bonds is 7. The lowest BCUT2D eigenvalue weighted by Crippen LogP contribution is -2.15. The third kappa shape index (κ3) is 4.20. The molecule has 0 unspecified atom stereocenters. The van der Waals surface area contributed by atoms with Gasteiger partial charge in [-0.3, -0.25) is 4.79 Å². The number of halogens is 1. The van der Waals surface area contributed by atoms with Crippen LogP contribution >= 0.6 is 15.9 Å². The highest BCUT2D eigenvalue weighted by atomic mass is 79.9. The van der Waals surface area contributed by atoms with E-state index in [1.165, 1.54) is 7.11 Å². The number of carbonyl (C=O) groups excluding carboxylic acids is 2. The van der Waals surface area contributed by atoms with Crippen molar-refractivity contribution in [3.63, 3.8) is 0 Å². The molecule has 2 rings (SSSR count). The molecule has 0 saturated carbocycles. The minimum atomic E-state index is -0.584. The molecule has 1 aromatic carbocycles. The largest absolute Gasteiger partial charge is 0.497 e. The molecule has 0 amide bonds. The van der Waals surface area contributed by atoms with Crippen LogP contribution < -0.4 is 4.74 Å². The smallest absolute Gasteiger partial charge is 0.339 e. The first kappa shape index (κ1) is 19.0. The van der Waals surface area contributed by atoms with Gasteiger partial charge in [0, 0.05) is 28.0 Å². The highest BCUT2D eigenvalue weighted by Gasteiger charge is 2.19. The number of aryl methyl sites for hydroxylation is 1. The molecule has 0 radical (unpaired) electrons. The second kappa shape index (κ2) is 8.16. The predicted octanol–water partition coefficient (Wildman–Crippen LogP) is 4.10. The van der Waals surface area contributed by atoms with E-state index in [9.17, 15) is 9.59 Å². The van der Waals surface area contributed by atoms with Crippen molar-refractivity contribution < 1.29 is 19.1 Å². The number of esters is 1. The number of allylic oxidation sites excluding steroid dienone is 1. The fraction of sp³-hybridized carbons (Fsp3) is 0.263. The predicted molar refractivity (Wildman–Crippen MR) is 99.4 cm³/mol. The molecule has 0 spiro atoms. The average molecular weight is 406 g/mol. The molecule has 1 aromatic heterocycles. The minimum Gasteiger partial charge on any atom is -0.497 e. The zero-order valence-corrected chi connectivity index (χ0v) is 16.1. The van der Waals surface area contributed by atoms with Crippen molar-refractivity contribution in [1.29, 1.82) is 0 Å². The summed E-state index contributed by atoms with van der Waals surface area (Å²) in [6.07, 6.45) is 1.77. The van der Waals surface area contributed by atoms with Gasteiger partial charge in [0.05, 0.1) is 12.7 Å². The molecule has 25 heavy (non-hydrogen) atoms. The maximum absolute atomic E-state index is 12.4. The highest BCUT2D eigenvalue weighted by Crippen LogP contribution is 2.23. The van der Waals surface area contributed by atoms with E-state index in [-0.39, 0.29) is 12.4 Å². The fourth-order valence-corrected chi connectivity index (χ4v) is 2.98. The van der Waals surface area contributed by atoms with Crippen LogP contribution in [-0.4, -0.2) is 30.0 Å². The summed E-state index contributed by atoms with van der Waals surface area (Å²) in [6, 6.07) is 6.78. The minimum absolute atomic E-state index is 0.240. The third-order valence-electron chi connectivity index (χ3n) is 3.91. The summed E-state index contributed by atoms with van der Waals surface area (Å²) in [7, 11) is 1.51. The topological polar surface area (TPSA) is 57.5 Å². The van der Waals surface area contributed by atoms with Gasteiger partial charge < -0.3 is 14.0 Å². The first-order valence-corrected chi connectivity index (χ1v) is 8.49. The number of ketones is 1. The third-order valence-corrected chi connectivity index (χ3v) is 4.61. The lowest BCUT2D eigenvalue weighted by molar-refractivity contribution is 0.0473. The number of nitrogens with zero attached hydrogens (tertiary/aromatic N) is 1. The number of benzene rings is 1. The SMILES string of the molecule is C=CCn1c(C)cc(C(=O)COC(=O)c2cc(OC)ccc2Br)c1C. The van der Waals surface area contributed by atoms with Gasteiger partial charge in [-0.1, -0.05) is 6.08 Å². The Bertz CT molecular complexity index is 823. The Morgan fingerprint density at radius 2 is 1.96 bits per heavy atom. The molecule has 0 aliphatic carbocycles. The Hall–Kier alpha value is -2.34. The second-order valence-electron chi connectivity index (χ2n) is 5.53. The van der Waals surface area contributed by atoms with Crippen LogP contribution in [0.5, 0.6) is 5.75 Å². The molecule has 132 valence electrons. The average Bonchev–Trinajstić information content (AvgIpc) is 2.88. The van der Waals surface area contributed by atoms with Gasteiger partial charge in [0.15, 0.2) is 6.61 Å². The number of ether oxygens (including phenoxy) is 2. The van der Waals surface area contributed by atoms with E-state index in [0.717, 1.165) is 11.4 Å². The van der Waals surface area contributed by atoms with Crippen LogP contribution in [0.25, 0.3) is 0 Å². The van der Waals surface area contributed by atoms with Crippen molar-refractivity contribution in [3.05, 3.63) is 63.9 Å². The molecule has 0 saturated heterocycles. The molecule has 0 N–H and O–H groups in total. The Morgan fingerprint density at radius 3 is 2.60 bits per heavy atom. The zero-order chi connectivity index (χ0) is 18.6. The number of hydrogen-bond donors (Lipinski definition) is 0. The van der Waals surface area contributed by atoms with Crippen molar-refractivity contribution in [2.45, 2.75) is 20.4 Å². The summed E-state index contributed by atoms with van der Waals surface area (Å²) in [5, 5.41) is 0. The number of carbonyl (C=O) groups is 2. The van der Waals surface area contributed by atoms with E-state index in [1.54, 1.807) is 30.3 Å². The van der Waals surface area contributed by atoms with Crippen LogP contribution in [0, 0.1) is 13.8 Å². The van der Waals surface area contributed by atoms with Gasteiger partial charge in [0.2, 0.25) is 5.78 Å². The molecular formula is C19H20BrNO4. The quantitative estimate of drug-likeness (QED) is 0.395. The Morgan fingerprint density at radius 1 is 1.24 bits per heavy atom. The van der Waals surface area contributed by atoms with E-state index < -0.39 is 5.97 Å². The van der Waals surface area contributed by atoms with Crippen LogP contribution in [0.1, 0.15) is 32.1 Å². The molecule has 5 nitrogen and oxygen atoms in total. The second-order valence-corrected chi connectivity index (χ2v) is 6.38. The number of hydrogen-bond acceptors (Lipinski definition) is 4. The molecule has 0 aliphatic rings. The summed E-state index contributed by atoms with van der Waals surface area (Å²) < 4.78 is 12.9. The van der Waals surface area contributed by atoms with E-state index >= 15 is 0 Å². The molecule has 0 bridgehead atoms. The molecule has 0 atom stereocenters. The fourth-order valence-electron chi connectivity index (χ4n) is 2.57. The standard InChI is InChI=1S/C19H20BrNO4/c1-5-8-21-12(2)9-15(13(21)3)18(22)11-25-19(23)16-10-14(24-4)6-7-17(16)20/h5-7,9-10H,1,8,11H2,2-4H3. The van der Waals surface area contributed by atoms with Gasteiger partial charge in [0.1, 0.15) is 5.75 Å². The first-order valence-electron chi connectivity index (χ1n) is 7.70. The number of aromatic nitrogens is 1. The van der Waals surface area contributed by atoms with E-state index in [2.05, 4.69) is 22.5 Å². The maximum atomic E-state index is 12.4. The molecular weight excluding hydrogens is 386 g/mol. The van der Waals surface area contributed by atoms with Crippen molar-refractivity contribution in [2.24, 2.45) is 0 Å².